The van der Waals surface area contributed by atoms with E-state index in [0.717, 1.165) is 16.6 Å². The highest BCUT2D eigenvalue weighted by Gasteiger charge is 2.15. The number of aryl methyl sites for hydroxylation is 1. The van der Waals surface area contributed by atoms with Crippen LogP contribution in [0.5, 0.6) is 5.75 Å². The number of aromatic nitrogens is 6. The molecule has 0 radical (unpaired) electrons. The summed E-state index contributed by atoms with van der Waals surface area (Å²) in [4.78, 5) is 18.0. The second kappa shape index (κ2) is 6.21. The number of hydrogen-bond donors (Lipinski definition) is 1. The molecule has 1 N–H and O–H groups in total. The molecular formula is C17H13BrN6O. The summed E-state index contributed by atoms with van der Waals surface area (Å²) in [6.07, 6.45) is 5.14. The van der Waals surface area contributed by atoms with E-state index in [4.69, 9.17) is 9.72 Å². The van der Waals surface area contributed by atoms with Crippen molar-refractivity contribution in [3.05, 3.63) is 47.1 Å². The number of pyridine rings is 2. The molecule has 25 heavy (non-hydrogen) atoms. The number of nitrogens with zero attached hydrogens (tertiary/aromatic N) is 5. The molecule has 4 heterocycles. The molecule has 8 heteroatoms. The lowest BCUT2D eigenvalue weighted by Gasteiger charge is -2.08. The van der Waals surface area contributed by atoms with Gasteiger partial charge in [-0.3, -0.25) is 10.1 Å². The molecule has 4 aromatic rings. The summed E-state index contributed by atoms with van der Waals surface area (Å²) in [6, 6.07) is 5.62. The third-order valence-electron chi connectivity index (χ3n) is 3.73. The summed E-state index contributed by atoms with van der Waals surface area (Å²) in [5, 5.41) is 8.00. The summed E-state index contributed by atoms with van der Waals surface area (Å²) in [6.45, 7) is 1.90. The van der Waals surface area contributed by atoms with Crippen molar-refractivity contribution in [1.29, 1.82) is 0 Å². The second-order valence-electron chi connectivity index (χ2n) is 5.42. The van der Waals surface area contributed by atoms with Gasteiger partial charge in [0.05, 0.1) is 42.1 Å². The number of fused-ring (bicyclic) bond motifs is 1. The number of hydrogen-bond acceptors (Lipinski definition) is 6. The van der Waals surface area contributed by atoms with E-state index < -0.39 is 0 Å². The van der Waals surface area contributed by atoms with E-state index in [0.29, 0.717) is 33.1 Å². The number of halogens is 1. The maximum atomic E-state index is 5.25. The number of ether oxygens (including phenoxy) is 1. The number of methoxy groups -OCH3 is 1. The van der Waals surface area contributed by atoms with E-state index in [9.17, 15) is 0 Å². The highest BCUT2D eigenvalue weighted by Crippen LogP contribution is 2.31. The molecular weight excluding hydrogens is 384 g/mol. The predicted molar refractivity (Wildman–Crippen MR) is 97.1 cm³/mol. The molecule has 0 fully saturated rings. The van der Waals surface area contributed by atoms with E-state index in [2.05, 4.69) is 41.1 Å². The van der Waals surface area contributed by atoms with E-state index >= 15 is 0 Å². The zero-order valence-electron chi connectivity index (χ0n) is 13.5. The van der Waals surface area contributed by atoms with Gasteiger partial charge in [-0.05, 0) is 41.1 Å². The molecule has 0 bridgehead atoms. The Morgan fingerprint density at radius 1 is 1.00 bits per heavy atom. The summed E-state index contributed by atoms with van der Waals surface area (Å²) in [7, 11) is 1.60. The third-order valence-corrected chi connectivity index (χ3v) is 4.30. The molecule has 0 aliphatic rings. The number of H-pyrrole nitrogens is 1. The van der Waals surface area contributed by atoms with Gasteiger partial charge in [0.25, 0.3) is 0 Å². The lowest BCUT2D eigenvalue weighted by Crippen LogP contribution is -1.96. The smallest absolute Gasteiger partial charge is 0.151 e. The van der Waals surface area contributed by atoms with Crippen molar-refractivity contribution in [3.8, 4) is 28.5 Å². The van der Waals surface area contributed by atoms with Crippen LogP contribution in [0.1, 0.15) is 5.69 Å². The van der Waals surface area contributed by atoms with Crippen molar-refractivity contribution in [2.75, 3.05) is 7.11 Å². The van der Waals surface area contributed by atoms with Gasteiger partial charge in [-0.15, -0.1) is 0 Å². The van der Waals surface area contributed by atoms with Crippen LogP contribution in [0.4, 0.5) is 0 Å². The number of rotatable bonds is 3. The Morgan fingerprint density at radius 2 is 1.88 bits per heavy atom. The maximum absolute atomic E-state index is 5.25. The van der Waals surface area contributed by atoms with Crippen LogP contribution in [-0.4, -0.2) is 37.2 Å². The molecule has 0 saturated carbocycles. The minimum Gasteiger partial charge on any atom is -0.494 e. The first-order valence-electron chi connectivity index (χ1n) is 7.50. The van der Waals surface area contributed by atoms with E-state index in [1.807, 2.05) is 25.1 Å². The van der Waals surface area contributed by atoms with Gasteiger partial charge in [-0.25, -0.2) is 15.0 Å². The lowest BCUT2D eigenvalue weighted by molar-refractivity contribution is 0.410. The fourth-order valence-electron chi connectivity index (χ4n) is 2.56. The van der Waals surface area contributed by atoms with Crippen molar-refractivity contribution in [2.24, 2.45) is 0 Å². The Kier molecular flexibility index (Phi) is 3.89. The molecule has 0 amide bonds. The molecule has 4 aromatic heterocycles. The van der Waals surface area contributed by atoms with Crippen LogP contribution in [0.25, 0.3) is 33.7 Å². The van der Waals surface area contributed by atoms with Crippen molar-refractivity contribution in [1.82, 2.24) is 30.1 Å². The Labute approximate surface area is 151 Å². The van der Waals surface area contributed by atoms with Gasteiger partial charge in [-0.1, -0.05) is 0 Å². The van der Waals surface area contributed by atoms with Crippen molar-refractivity contribution in [2.45, 2.75) is 6.92 Å². The molecule has 0 spiro atoms. The Morgan fingerprint density at radius 3 is 2.64 bits per heavy atom. The first kappa shape index (κ1) is 15.6. The molecule has 0 unspecified atom stereocenters. The van der Waals surface area contributed by atoms with Crippen LogP contribution < -0.4 is 4.74 Å². The lowest BCUT2D eigenvalue weighted by atomic mass is 10.1. The average Bonchev–Trinajstić information content (AvgIpc) is 3.09. The van der Waals surface area contributed by atoms with Crippen LogP contribution in [0.3, 0.4) is 0 Å². The highest BCUT2D eigenvalue weighted by atomic mass is 79.9. The third kappa shape index (κ3) is 2.85. The van der Waals surface area contributed by atoms with Crippen LogP contribution in [0, 0.1) is 6.92 Å². The van der Waals surface area contributed by atoms with Crippen LogP contribution in [0.15, 0.2) is 41.4 Å². The summed E-state index contributed by atoms with van der Waals surface area (Å²) in [5.41, 5.74) is 4.52. The van der Waals surface area contributed by atoms with Crippen molar-refractivity contribution < 1.29 is 4.74 Å². The number of nitrogens with one attached hydrogen (secondary N) is 1. The molecule has 0 aliphatic heterocycles. The first-order chi connectivity index (χ1) is 12.2. The summed E-state index contributed by atoms with van der Waals surface area (Å²) in [5.74, 6) is 0.660. The minimum atomic E-state index is 0.617. The van der Waals surface area contributed by atoms with Crippen LogP contribution >= 0.6 is 15.9 Å². The SMILES string of the molecule is COc1ccc(-c2nc(-c3cncc(C)n3)cc3[nH]ncc23)nc1Br. The van der Waals surface area contributed by atoms with Gasteiger partial charge in [0.15, 0.2) is 5.75 Å². The van der Waals surface area contributed by atoms with Crippen LogP contribution in [-0.2, 0) is 0 Å². The van der Waals surface area contributed by atoms with E-state index in [-0.39, 0.29) is 0 Å². The fraction of sp³-hybridized carbons (Fsp3) is 0.118. The molecule has 0 aromatic carbocycles. The second-order valence-corrected chi connectivity index (χ2v) is 6.17. The molecule has 0 saturated heterocycles. The van der Waals surface area contributed by atoms with Crippen molar-refractivity contribution >= 4 is 26.8 Å². The topological polar surface area (TPSA) is 89.5 Å². The fourth-order valence-corrected chi connectivity index (χ4v) is 3.05. The normalized spacial score (nSPS) is 11.0. The first-order valence-corrected chi connectivity index (χ1v) is 8.29. The van der Waals surface area contributed by atoms with E-state index in [1.54, 1.807) is 25.7 Å². The minimum absolute atomic E-state index is 0.617. The Hall–Kier alpha value is -2.87. The largest absolute Gasteiger partial charge is 0.494 e. The molecule has 7 nitrogen and oxygen atoms in total. The van der Waals surface area contributed by atoms with Gasteiger partial charge in [-0.2, -0.15) is 5.10 Å². The zero-order chi connectivity index (χ0) is 17.4. The highest BCUT2D eigenvalue weighted by molar-refractivity contribution is 9.10. The predicted octanol–water partition coefficient (Wildman–Crippen LogP) is 3.56. The summed E-state index contributed by atoms with van der Waals surface area (Å²) < 4.78 is 5.87. The standard InChI is InChI=1S/C17H13BrN6O/c1-9-6-19-8-14(21-9)13-5-12-10(7-20-24-12)16(22-13)11-3-4-15(25-2)17(18)23-11/h3-8H,1-2H3,(H,20,24). The molecule has 0 aliphatic carbocycles. The zero-order valence-corrected chi connectivity index (χ0v) is 15.1. The van der Waals surface area contributed by atoms with Gasteiger partial charge in [0, 0.05) is 11.6 Å². The van der Waals surface area contributed by atoms with Gasteiger partial charge in [0.2, 0.25) is 0 Å². The molecule has 124 valence electrons. The molecule has 4 rings (SSSR count). The van der Waals surface area contributed by atoms with Crippen LogP contribution in [0.2, 0.25) is 0 Å². The van der Waals surface area contributed by atoms with Gasteiger partial charge in [0.1, 0.15) is 16.0 Å². The van der Waals surface area contributed by atoms with E-state index in [1.165, 1.54) is 0 Å². The average molecular weight is 397 g/mol. The van der Waals surface area contributed by atoms with Gasteiger partial charge < -0.3 is 4.74 Å². The Bertz CT molecular complexity index is 1080. The monoisotopic (exact) mass is 396 g/mol. The number of aromatic amines is 1. The van der Waals surface area contributed by atoms with Crippen molar-refractivity contribution in [3.63, 3.8) is 0 Å². The van der Waals surface area contributed by atoms with Gasteiger partial charge >= 0.3 is 0 Å². The summed E-state index contributed by atoms with van der Waals surface area (Å²) >= 11 is 3.42. The molecule has 0 atom stereocenters. The quantitative estimate of drug-likeness (QED) is 0.532. The maximum Gasteiger partial charge on any atom is 0.151 e. The Balaban J connectivity index is 1.94.